The first-order chi connectivity index (χ1) is 13.7. The van der Waals surface area contributed by atoms with Crippen LogP contribution in [0.2, 0.25) is 0 Å². The zero-order valence-corrected chi connectivity index (χ0v) is 15.0. The number of benzene rings is 1. The number of nitrogens with zero attached hydrogens (tertiary/aromatic N) is 5. The summed E-state index contributed by atoms with van der Waals surface area (Å²) in [6.45, 7) is 2.09. The van der Waals surface area contributed by atoms with Crippen molar-refractivity contribution in [3.05, 3.63) is 72.7 Å². The minimum absolute atomic E-state index is 0.00837. The molecule has 7 nitrogen and oxygen atoms in total. The molecule has 0 bridgehead atoms. The predicted octanol–water partition coefficient (Wildman–Crippen LogP) is 4.06. The summed E-state index contributed by atoms with van der Waals surface area (Å²) in [5.74, 6) is 0.253. The number of carbonyl (C=O) groups excluding carboxylic acids is 1. The molecular weight excluding hydrogens is 354 g/mol. The summed E-state index contributed by atoms with van der Waals surface area (Å²) < 4.78 is 7.18. The van der Waals surface area contributed by atoms with E-state index in [0.29, 0.717) is 28.8 Å². The molecule has 0 spiro atoms. The van der Waals surface area contributed by atoms with Crippen molar-refractivity contribution in [3.63, 3.8) is 0 Å². The molecule has 0 radical (unpaired) electrons. The monoisotopic (exact) mass is 369 g/mol. The molecule has 0 aliphatic rings. The molecule has 28 heavy (non-hydrogen) atoms. The SMILES string of the molecule is CC(c1ccc2ncccc2c1)n1cnc2ncc(-c3coc(C=O)c3)nc21. The molecule has 0 amide bonds. The standard InChI is InChI=1S/C21H15N5O2/c1-13(14-4-5-18-15(7-14)3-2-6-22-18)26-12-24-20-21(26)25-19(9-23-20)16-8-17(10-27)28-11-16/h2-13H,1H3. The van der Waals surface area contributed by atoms with Gasteiger partial charge < -0.3 is 8.98 Å². The molecule has 4 heterocycles. The number of imidazole rings is 1. The number of furan rings is 1. The molecule has 4 aromatic heterocycles. The minimum Gasteiger partial charge on any atom is -0.461 e. The number of carbonyl (C=O) groups is 1. The van der Waals surface area contributed by atoms with Gasteiger partial charge in [-0.2, -0.15) is 0 Å². The Kier molecular flexibility index (Phi) is 3.72. The highest BCUT2D eigenvalue weighted by molar-refractivity contribution is 5.79. The van der Waals surface area contributed by atoms with Crippen LogP contribution in [-0.4, -0.2) is 30.8 Å². The molecule has 0 saturated carbocycles. The molecule has 0 N–H and O–H groups in total. The molecule has 1 aromatic carbocycles. The number of fused-ring (bicyclic) bond motifs is 2. The molecule has 7 heteroatoms. The molecule has 0 saturated heterocycles. The van der Waals surface area contributed by atoms with Crippen LogP contribution in [-0.2, 0) is 0 Å². The summed E-state index contributed by atoms with van der Waals surface area (Å²) in [5, 5.41) is 1.09. The Balaban J connectivity index is 1.59. The maximum absolute atomic E-state index is 10.9. The van der Waals surface area contributed by atoms with Crippen molar-refractivity contribution in [2.75, 3.05) is 0 Å². The largest absolute Gasteiger partial charge is 0.461 e. The maximum atomic E-state index is 10.9. The molecule has 0 aliphatic carbocycles. The molecule has 1 atom stereocenters. The first kappa shape index (κ1) is 16.3. The fourth-order valence-corrected chi connectivity index (χ4v) is 3.29. The topological polar surface area (TPSA) is 86.7 Å². The Labute approximate surface area is 159 Å². The van der Waals surface area contributed by atoms with Gasteiger partial charge >= 0.3 is 0 Å². The normalized spacial score (nSPS) is 12.5. The van der Waals surface area contributed by atoms with Crippen LogP contribution in [0.1, 0.15) is 29.1 Å². The number of hydrogen-bond acceptors (Lipinski definition) is 6. The number of pyridine rings is 1. The van der Waals surface area contributed by atoms with Gasteiger partial charge in [0.15, 0.2) is 23.3 Å². The van der Waals surface area contributed by atoms with E-state index in [2.05, 4.69) is 34.0 Å². The molecular formula is C21H15N5O2. The van der Waals surface area contributed by atoms with Crippen LogP contribution in [0.15, 0.2) is 65.8 Å². The summed E-state index contributed by atoms with van der Waals surface area (Å²) in [4.78, 5) is 28.7. The second-order valence-corrected chi connectivity index (χ2v) is 6.54. The van der Waals surface area contributed by atoms with E-state index in [-0.39, 0.29) is 11.8 Å². The lowest BCUT2D eigenvalue weighted by molar-refractivity contribution is 0.110. The van der Waals surface area contributed by atoms with Gasteiger partial charge in [-0.1, -0.05) is 12.1 Å². The minimum atomic E-state index is 0.00837. The fraction of sp³-hybridized carbons (Fsp3) is 0.0952. The Morgan fingerprint density at radius 3 is 2.93 bits per heavy atom. The van der Waals surface area contributed by atoms with Gasteiger partial charge in [0.05, 0.1) is 29.8 Å². The van der Waals surface area contributed by atoms with E-state index in [1.807, 2.05) is 22.8 Å². The first-order valence-corrected chi connectivity index (χ1v) is 8.81. The first-order valence-electron chi connectivity index (χ1n) is 8.81. The Morgan fingerprint density at radius 1 is 1.14 bits per heavy atom. The quantitative estimate of drug-likeness (QED) is 0.444. The van der Waals surface area contributed by atoms with Gasteiger partial charge in [-0.3, -0.25) is 9.78 Å². The third-order valence-electron chi connectivity index (χ3n) is 4.84. The van der Waals surface area contributed by atoms with E-state index in [9.17, 15) is 4.79 Å². The maximum Gasteiger partial charge on any atom is 0.197 e. The van der Waals surface area contributed by atoms with Gasteiger partial charge in [0, 0.05) is 17.1 Å². The fourth-order valence-electron chi connectivity index (χ4n) is 3.29. The third-order valence-corrected chi connectivity index (χ3v) is 4.84. The molecule has 1 unspecified atom stereocenters. The van der Waals surface area contributed by atoms with Gasteiger partial charge in [0.2, 0.25) is 0 Å². The van der Waals surface area contributed by atoms with Gasteiger partial charge in [0.1, 0.15) is 6.26 Å². The number of aromatic nitrogens is 5. The van der Waals surface area contributed by atoms with Gasteiger partial charge in [-0.05, 0) is 36.8 Å². The van der Waals surface area contributed by atoms with E-state index >= 15 is 0 Å². The van der Waals surface area contributed by atoms with E-state index in [4.69, 9.17) is 9.40 Å². The summed E-state index contributed by atoms with van der Waals surface area (Å²) in [6.07, 6.45) is 7.33. The lowest BCUT2D eigenvalue weighted by Crippen LogP contribution is -2.06. The van der Waals surface area contributed by atoms with Crippen LogP contribution in [0.25, 0.3) is 33.5 Å². The second kappa shape index (κ2) is 6.38. The molecule has 5 rings (SSSR count). The van der Waals surface area contributed by atoms with Crippen molar-refractivity contribution in [2.45, 2.75) is 13.0 Å². The molecule has 136 valence electrons. The van der Waals surface area contributed by atoms with Crippen LogP contribution in [0.5, 0.6) is 0 Å². The van der Waals surface area contributed by atoms with E-state index in [0.717, 1.165) is 16.5 Å². The van der Waals surface area contributed by atoms with E-state index in [1.165, 1.54) is 6.26 Å². The van der Waals surface area contributed by atoms with Crippen LogP contribution in [0.3, 0.4) is 0 Å². The van der Waals surface area contributed by atoms with Crippen LogP contribution >= 0.6 is 0 Å². The summed E-state index contributed by atoms with van der Waals surface area (Å²) >= 11 is 0. The average Bonchev–Trinajstić information content (AvgIpc) is 3.39. The van der Waals surface area contributed by atoms with Crippen LogP contribution in [0, 0.1) is 0 Å². The Bertz CT molecular complexity index is 1320. The van der Waals surface area contributed by atoms with Crippen LogP contribution < -0.4 is 0 Å². The van der Waals surface area contributed by atoms with Crippen molar-refractivity contribution in [1.82, 2.24) is 24.5 Å². The summed E-state index contributed by atoms with van der Waals surface area (Å²) in [5.41, 5.74) is 4.65. The Morgan fingerprint density at radius 2 is 2.07 bits per heavy atom. The van der Waals surface area contributed by atoms with Crippen molar-refractivity contribution in [2.24, 2.45) is 0 Å². The van der Waals surface area contributed by atoms with Crippen LogP contribution in [0.4, 0.5) is 0 Å². The Hall–Kier alpha value is -3.87. The highest BCUT2D eigenvalue weighted by Gasteiger charge is 2.16. The number of aldehydes is 1. The zero-order valence-electron chi connectivity index (χ0n) is 15.0. The number of rotatable bonds is 4. The van der Waals surface area contributed by atoms with Gasteiger partial charge in [-0.15, -0.1) is 0 Å². The van der Waals surface area contributed by atoms with Crippen molar-refractivity contribution >= 4 is 28.5 Å². The summed E-state index contributed by atoms with van der Waals surface area (Å²) in [6, 6.07) is 11.8. The molecule has 5 aromatic rings. The smallest absolute Gasteiger partial charge is 0.197 e. The summed E-state index contributed by atoms with van der Waals surface area (Å²) in [7, 11) is 0. The zero-order chi connectivity index (χ0) is 19.1. The lowest BCUT2D eigenvalue weighted by atomic mass is 10.1. The lowest BCUT2D eigenvalue weighted by Gasteiger charge is -2.15. The van der Waals surface area contributed by atoms with Crippen molar-refractivity contribution < 1.29 is 9.21 Å². The number of hydrogen-bond donors (Lipinski definition) is 0. The third kappa shape index (κ3) is 2.64. The van der Waals surface area contributed by atoms with E-state index < -0.39 is 0 Å². The average molecular weight is 369 g/mol. The molecule has 0 fully saturated rings. The second-order valence-electron chi connectivity index (χ2n) is 6.54. The predicted molar refractivity (Wildman–Crippen MR) is 104 cm³/mol. The van der Waals surface area contributed by atoms with Gasteiger partial charge in [0.25, 0.3) is 0 Å². The van der Waals surface area contributed by atoms with Crippen molar-refractivity contribution in [1.29, 1.82) is 0 Å². The highest BCUT2D eigenvalue weighted by Crippen LogP contribution is 2.26. The highest BCUT2D eigenvalue weighted by atomic mass is 16.3. The van der Waals surface area contributed by atoms with Gasteiger partial charge in [-0.25, -0.2) is 15.0 Å². The molecule has 0 aliphatic heterocycles. The van der Waals surface area contributed by atoms with Crippen molar-refractivity contribution in [3.8, 4) is 11.3 Å². The van der Waals surface area contributed by atoms with E-state index in [1.54, 1.807) is 24.8 Å².